The van der Waals surface area contributed by atoms with Gasteiger partial charge in [0.1, 0.15) is 17.0 Å². The van der Waals surface area contributed by atoms with Crippen LogP contribution in [-0.2, 0) is 4.79 Å². The van der Waals surface area contributed by atoms with E-state index in [1.807, 2.05) is 30.0 Å². The van der Waals surface area contributed by atoms with Crippen molar-refractivity contribution in [3.05, 3.63) is 76.6 Å². The highest BCUT2D eigenvalue weighted by molar-refractivity contribution is 6.29. The Bertz CT molecular complexity index is 1760. The van der Waals surface area contributed by atoms with E-state index in [0.29, 0.717) is 58.1 Å². The number of unbranched alkanes of at least 4 members (excludes halogenated alkanes) is 2. The molecule has 0 spiro atoms. The van der Waals surface area contributed by atoms with E-state index in [1.165, 1.54) is 7.11 Å². The van der Waals surface area contributed by atoms with Gasteiger partial charge in [-0.3, -0.25) is 14.4 Å². The van der Waals surface area contributed by atoms with Crippen LogP contribution in [0.25, 0.3) is 11.0 Å². The summed E-state index contributed by atoms with van der Waals surface area (Å²) < 4.78 is 11.7. The van der Waals surface area contributed by atoms with Gasteiger partial charge in [-0.2, -0.15) is 0 Å². The highest BCUT2D eigenvalue weighted by Gasteiger charge is 2.21. The van der Waals surface area contributed by atoms with E-state index in [2.05, 4.69) is 27.2 Å². The first-order chi connectivity index (χ1) is 22.6. The third kappa shape index (κ3) is 9.78. The Kier molecular flexibility index (Phi) is 14.6. The highest BCUT2D eigenvalue weighted by Crippen LogP contribution is 2.32. The summed E-state index contributed by atoms with van der Waals surface area (Å²) in [5.41, 5.74) is 3.87. The number of hydrogen-bond acceptors (Lipinski definition) is 7. The van der Waals surface area contributed by atoms with Crippen LogP contribution in [0.15, 0.2) is 54.6 Å². The summed E-state index contributed by atoms with van der Waals surface area (Å²) >= 11 is 6.01. The number of para-hydroxylation sites is 1. The normalized spacial score (nSPS) is 12.9. The monoisotopic (exact) mass is 732 g/mol. The molecule has 0 aliphatic carbocycles. The number of anilines is 2. The fourth-order valence-corrected chi connectivity index (χ4v) is 5.76. The zero-order chi connectivity index (χ0) is 33.5. The maximum Gasteiger partial charge on any atom is 0.258 e. The number of halogens is 3. The number of ether oxygens (including phenoxy) is 2. The van der Waals surface area contributed by atoms with E-state index in [-0.39, 0.29) is 41.9 Å². The van der Waals surface area contributed by atoms with E-state index in [1.54, 1.807) is 48.3 Å². The summed E-state index contributed by atoms with van der Waals surface area (Å²) in [6.45, 7) is 5.89. The molecule has 1 aliphatic rings. The molecule has 0 unspecified atom stereocenters. The van der Waals surface area contributed by atoms with Gasteiger partial charge in [-0.15, -0.1) is 24.8 Å². The molecule has 1 aromatic heterocycles. The van der Waals surface area contributed by atoms with Gasteiger partial charge in [-0.05, 0) is 92.9 Å². The average Bonchev–Trinajstić information content (AvgIpc) is 3.46. The third-order valence-corrected chi connectivity index (χ3v) is 8.53. The average molecular weight is 734 g/mol. The fraction of sp³-hybridized carbons (Fsp3) is 0.371. The molecule has 3 aromatic carbocycles. The Morgan fingerprint density at radius 3 is 2.47 bits per heavy atom. The lowest BCUT2D eigenvalue weighted by atomic mass is 10.1. The van der Waals surface area contributed by atoms with E-state index in [0.717, 1.165) is 51.0 Å². The number of fused-ring (bicyclic) bond motifs is 1. The second kappa shape index (κ2) is 18.1. The number of piperazine rings is 1. The number of methoxy groups -OCH3 is 1. The van der Waals surface area contributed by atoms with Crippen LogP contribution >= 0.6 is 36.4 Å². The number of imidazole rings is 1. The quantitative estimate of drug-likeness (QED) is 0.157. The van der Waals surface area contributed by atoms with Gasteiger partial charge in [-0.1, -0.05) is 12.1 Å². The zero-order valence-corrected chi connectivity index (χ0v) is 30.5. The number of carbonyl (C=O) groups excluding carboxylic acids is 3. The molecule has 0 radical (unpaired) electrons. The summed E-state index contributed by atoms with van der Waals surface area (Å²) in [5, 5.41) is 3.05. The van der Waals surface area contributed by atoms with Crippen molar-refractivity contribution in [2.45, 2.75) is 32.6 Å². The number of likely N-dealkylation sites (N-methyl/N-ethyl adjacent to an activating group) is 1. The van der Waals surface area contributed by atoms with Gasteiger partial charge in [-0.25, -0.2) is 4.98 Å². The zero-order valence-electron chi connectivity index (χ0n) is 28.1. The largest absolute Gasteiger partial charge is 0.495 e. The van der Waals surface area contributed by atoms with Gasteiger partial charge in [0, 0.05) is 45.2 Å². The van der Waals surface area contributed by atoms with Crippen molar-refractivity contribution in [3.63, 3.8) is 0 Å². The lowest BCUT2D eigenvalue weighted by Crippen LogP contribution is -2.47. The van der Waals surface area contributed by atoms with Crippen molar-refractivity contribution >= 4 is 76.5 Å². The van der Waals surface area contributed by atoms with E-state index in [9.17, 15) is 14.4 Å². The fourth-order valence-electron chi connectivity index (χ4n) is 5.57. The third-order valence-electron chi connectivity index (χ3n) is 8.35. The maximum atomic E-state index is 13.6. The summed E-state index contributed by atoms with van der Waals surface area (Å²) in [7, 11) is 5.25. The molecule has 1 saturated heterocycles. The van der Waals surface area contributed by atoms with Crippen LogP contribution in [0, 0.1) is 6.92 Å². The number of hydrogen-bond donors (Lipinski definition) is 2. The number of carbonyl (C=O) groups is 3. The van der Waals surface area contributed by atoms with Gasteiger partial charge in [0.15, 0.2) is 0 Å². The highest BCUT2D eigenvalue weighted by atomic mass is 35.5. The van der Waals surface area contributed by atoms with Gasteiger partial charge in [0.05, 0.1) is 36.2 Å². The smallest absolute Gasteiger partial charge is 0.258 e. The number of rotatable bonds is 12. The summed E-state index contributed by atoms with van der Waals surface area (Å²) in [4.78, 5) is 52.2. The first-order valence-electron chi connectivity index (χ1n) is 15.8. The van der Waals surface area contributed by atoms with Gasteiger partial charge >= 0.3 is 0 Å². The number of aromatic amines is 1. The van der Waals surface area contributed by atoms with Crippen molar-refractivity contribution in [1.82, 2.24) is 19.8 Å². The second-order valence-corrected chi connectivity index (χ2v) is 12.1. The number of H-pyrrole nitrogens is 1. The molecular formula is C35H43Cl3N6O5. The number of nitrogens with zero attached hydrogens (tertiary/aromatic N) is 4. The molecule has 0 atom stereocenters. The van der Waals surface area contributed by atoms with Crippen molar-refractivity contribution in [2.24, 2.45) is 0 Å². The molecule has 5 rings (SSSR count). The van der Waals surface area contributed by atoms with Crippen LogP contribution in [0.5, 0.6) is 11.5 Å². The van der Waals surface area contributed by atoms with Gasteiger partial charge in [0.25, 0.3) is 11.8 Å². The predicted octanol–water partition coefficient (Wildman–Crippen LogP) is 6.62. The molecule has 2 heterocycles. The van der Waals surface area contributed by atoms with Crippen molar-refractivity contribution in [2.75, 3.05) is 64.2 Å². The van der Waals surface area contributed by atoms with Crippen LogP contribution in [-0.4, -0.2) is 91.5 Å². The lowest BCUT2D eigenvalue weighted by molar-refractivity contribution is -0.132. The van der Waals surface area contributed by atoms with Crippen molar-refractivity contribution in [1.29, 1.82) is 0 Å². The Balaban J connectivity index is 0.00000325. The predicted molar refractivity (Wildman–Crippen MR) is 198 cm³/mol. The molecule has 0 saturated carbocycles. The molecule has 1 fully saturated rings. The van der Waals surface area contributed by atoms with Crippen LogP contribution in [0.4, 0.5) is 11.4 Å². The van der Waals surface area contributed by atoms with E-state index >= 15 is 0 Å². The molecule has 0 bridgehead atoms. The Labute approximate surface area is 304 Å². The minimum Gasteiger partial charge on any atom is -0.495 e. The maximum absolute atomic E-state index is 13.6. The SMILES string of the molecule is COc1cc(C(=O)N(C)c2ccc(C)cc2OCCCCCC(=O)N2CCN(C)CC2)ccc1NC(=O)c1cccc2[nH]c(Cl)nc12.Cl.Cl. The van der Waals surface area contributed by atoms with Gasteiger partial charge in [0.2, 0.25) is 11.2 Å². The standard InChI is InChI=1S/C35H41ClN6O5.2ClH/c1-23-12-15-28(30(21-23)47-20-7-5-6-11-31(43)42-18-16-40(2)17-19-42)41(3)34(45)24-13-14-26(29(22-24)46-4)37-33(44)25-9-8-10-27-32(25)39-35(36)38-27;;/h8-10,12-15,21-22H,5-7,11,16-20H2,1-4H3,(H,37,44)(H,38,39);2*1H. The Morgan fingerprint density at radius 1 is 0.980 bits per heavy atom. The molecular weight excluding hydrogens is 691 g/mol. The molecule has 264 valence electrons. The summed E-state index contributed by atoms with van der Waals surface area (Å²) in [5.74, 6) is 0.503. The molecule has 1 aliphatic heterocycles. The van der Waals surface area contributed by atoms with Crippen molar-refractivity contribution < 1.29 is 23.9 Å². The minimum atomic E-state index is -0.392. The van der Waals surface area contributed by atoms with E-state index in [4.69, 9.17) is 21.1 Å². The van der Waals surface area contributed by atoms with E-state index < -0.39 is 5.91 Å². The molecule has 14 heteroatoms. The molecule has 49 heavy (non-hydrogen) atoms. The second-order valence-electron chi connectivity index (χ2n) is 11.8. The molecule has 11 nitrogen and oxygen atoms in total. The lowest BCUT2D eigenvalue weighted by Gasteiger charge is -2.32. The first-order valence-corrected chi connectivity index (χ1v) is 16.1. The number of aromatic nitrogens is 2. The number of nitrogens with one attached hydrogen (secondary N) is 2. The number of amides is 3. The first kappa shape index (κ1) is 39.4. The number of aryl methyl sites for hydroxylation is 1. The van der Waals surface area contributed by atoms with Crippen LogP contribution in [0.3, 0.4) is 0 Å². The Hall–Kier alpha value is -4.03. The van der Waals surface area contributed by atoms with Crippen LogP contribution in [0.1, 0.15) is 52.0 Å². The minimum absolute atomic E-state index is 0. The van der Waals surface area contributed by atoms with Crippen LogP contribution in [0.2, 0.25) is 5.28 Å². The van der Waals surface area contributed by atoms with Crippen LogP contribution < -0.4 is 19.7 Å². The summed E-state index contributed by atoms with van der Waals surface area (Å²) in [6.07, 6.45) is 3.05. The Morgan fingerprint density at radius 2 is 1.73 bits per heavy atom. The number of benzene rings is 3. The van der Waals surface area contributed by atoms with Gasteiger partial charge < -0.3 is 34.5 Å². The molecule has 4 aromatic rings. The topological polar surface area (TPSA) is 120 Å². The summed E-state index contributed by atoms with van der Waals surface area (Å²) in [6, 6.07) is 15.8. The molecule has 3 amide bonds. The molecule has 2 N–H and O–H groups in total. The van der Waals surface area contributed by atoms with Crippen molar-refractivity contribution in [3.8, 4) is 11.5 Å².